The fourth-order valence-electron chi connectivity index (χ4n) is 1.96. The lowest BCUT2D eigenvalue weighted by molar-refractivity contribution is 0.0689. The van der Waals surface area contributed by atoms with Gasteiger partial charge in [0.25, 0.3) is 0 Å². The second-order valence-corrected chi connectivity index (χ2v) is 4.41. The number of carboxylic acids is 1. The molecule has 86 valence electrons. The summed E-state index contributed by atoms with van der Waals surface area (Å²) in [4.78, 5) is 11.0. The molecule has 3 nitrogen and oxygen atoms in total. The van der Waals surface area contributed by atoms with E-state index in [0.717, 1.165) is 25.7 Å². The van der Waals surface area contributed by atoms with Crippen molar-refractivity contribution in [3.63, 3.8) is 0 Å². The molecule has 4 heteroatoms. The molecule has 1 N–H and O–H groups in total. The largest absolute Gasteiger partial charge is 0.489 e. The van der Waals surface area contributed by atoms with Gasteiger partial charge in [0.1, 0.15) is 11.3 Å². The molecule has 1 aromatic carbocycles. The van der Waals surface area contributed by atoms with E-state index in [4.69, 9.17) is 21.4 Å². The molecular weight excluding hydrogens is 228 g/mol. The Morgan fingerprint density at radius 3 is 2.69 bits per heavy atom. The van der Waals surface area contributed by atoms with Gasteiger partial charge >= 0.3 is 5.97 Å². The zero-order valence-corrected chi connectivity index (χ0v) is 9.54. The van der Waals surface area contributed by atoms with Crippen molar-refractivity contribution in [2.24, 2.45) is 0 Å². The summed E-state index contributed by atoms with van der Waals surface area (Å²) in [5.41, 5.74) is 0.177. The van der Waals surface area contributed by atoms with Gasteiger partial charge in [-0.15, -0.1) is 0 Å². The Hall–Kier alpha value is -1.22. The smallest absolute Gasteiger partial charge is 0.339 e. The first-order valence-electron chi connectivity index (χ1n) is 5.36. The summed E-state index contributed by atoms with van der Waals surface area (Å²) in [7, 11) is 0. The fraction of sp³-hybridized carbons (Fsp3) is 0.417. The molecule has 0 unspecified atom stereocenters. The molecule has 1 aliphatic carbocycles. The van der Waals surface area contributed by atoms with E-state index in [1.165, 1.54) is 6.07 Å². The molecule has 1 aliphatic rings. The third kappa shape index (κ3) is 2.47. The van der Waals surface area contributed by atoms with Crippen molar-refractivity contribution < 1.29 is 14.6 Å². The van der Waals surface area contributed by atoms with E-state index >= 15 is 0 Å². The lowest BCUT2D eigenvalue weighted by Gasteiger charge is -2.15. The highest BCUT2D eigenvalue weighted by Gasteiger charge is 2.20. The third-order valence-electron chi connectivity index (χ3n) is 2.77. The number of aromatic carboxylic acids is 1. The molecule has 1 saturated carbocycles. The Labute approximate surface area is 99.0 Å². The summed E-state index contributed by atoms with van der Waals surface area (Å²) in [6.07, 6.45) is 4.41. The third-order valence-corrected chi connectivity index (χ3v) is 3.00. The molecule has 0 aromatic heterocycles. The Kier molecular flexibility index (Phi) is 3.34. The zero-order chi connectivity index (χ0) is 11.5. The van der Waals surface area contributed by atoms with Gasteiger partial charge in [-0.25, -0.2) is 4.79 Å². The molecule has 0 bridgehead atoms. The van der Waals surface area contributed by atoms with Gasteiger partial charge in [0, 0.05) is 5.02 Å². The Balaban J connectivity index is 2.22. The summed E-state index contributed by atoms with van der Waals surface area (Å²) in [6.45, 7) is 0. The molecule has 0 atom stereocenters. The summed E-state index contributed by atoms with van der Waals surface area (Å²) in [5, 5.41) is 9.51. The summed E-state index contributed by atoms with van der Waals surface area (Å²) >= 11 is 5.83. The number of rotatable bonds is 3. The minimum absolute atomic E-state index is 0.136. The molecule has 16 heavy (non-hydrogen) atoms. The SMILES string of the molecule is O=C(O)c1ccc(Cl)cc1OC1CCCC1. The molecule has 1 fully saturated rings. The van der Waals surface area contributed by atoms with E-state index in [0.29, 0.717) is 10.8 Å². The summed E-state index contributed by atoms with van der Waals surface area (Å²) in [6, 6.07) is 4.62. The van der Waals surface area contributed by atoms with Crippen molar-refractivity contribution in [1.29, 1.82) is 0 Å². The van der Waals surface area contributed by atoms with E-state index in [1.807, 2.05) is 0 Å². The number of hydrogen-bond acceptors (Lipinski definition) is 2. The van der Waals surface area contributed by atoms with E-state index in [1.54, 1.807) is 12.1 Å². The van der Waals surface area contributed by atoms with Crippen LogP contribution in [-0.4, -0.2) is 17.2 Å². The highest BCUT2D eigenvalue weighted by atomic mass is 35.5. The topological polar surface area (TPSA) is 46.5 Å². The lowest BCUT2D eigenvalue weighted by atomic mass is 10.2. The molecule has 0 saturated heterocycles. The number of carbonyl (C=O) groups is 1. The molecule has 0 aliphatic heterocycles. The predicted octanol–water partition coefficient (Wildman–Crippen LogP) is 3.36. The van der Waals surface area contributed by atoms with Crippen LogP contribution in [0.4, 0.5) is 0 Å². The maximum atomic E-state index is 11.0. The molecule has 1 aromatic rings. The molecule has 0 amide bonds. The predicted molar refractivity (Wildman–Crippen MR) is 61.3 cm³/mol. The Morgan fingerprint density at radius 1 is 1.38 bits per heavy atom. The van der Waals surface area contributed by atoms with Gasteiger partial charge in [-0.3, -0.25) is 0 Å². The van der Waals surface area contributed by atoms with Crippen LogP contribution in [0, 0.1) is 0 Å². The summed E-state index contributed by atoms with van der Waals surface area (Å²) < 4.78 is 5.68. The first-order valence-corrected chi connectivity index (χ1v) is 5.74. The van der Waals surface area contributed by atoms with Crippen LogP contribution in [0.2, 0.25) is 5.02 Å². The second kappa shape index (κ2) is 4.74. The van der Waals surface area contributed by atoms with Crippen LogP contribution in [0.5, 0.6) is 5.75 Å². The minimum atomic E-state index is -0.982. The number of carboxylic acid groups (broad SMARTS) is 1. The number of ether oxygens (including phenoxy) is 1. The monoisotopic (exact) mass is 240 g/mol. The zero-order valence-electron chi connectivity index (χ0n) is 8.78. The Bertz CT molecular complexity index is 397. The van der Waals surface area contributed by atoms with E-state index in [-0.39, 0.29) is 11.7 Å². The van der Waals surface area contributed by atoms with Crippen LogP contribution in [0.25, 0.3) is 0 Å². The molecule has 0 spiro atoms. The quantitative estimate of drug-likeness (QED) is 0.881. The second-order valence-electron chi connectivity index (χ2n) is 3.97. The maximum absolute atomic E-state index is 11.0. The first kappa shape index (κ1) is 11.3. The van der Waals surface area contributed by atoms with Crippen molar-refractivity contribution >= 4 is 17.6 Å². The van der Waals surface area contributed by atoms with Gasteiger partial charge in [0.05, 0.1) is 6.10 Å². The Morgan fingerprint density at radius 2 is 2.06 bits per heavy atom. The highest BCUT2D eigenvalue weighted by molar-refractivity contribution is 6.30. The lowest BCUT2D eigenvalue weighted by Crippen LogP contribution is -2.13. The van der Waals surface area contributed by atoms with E-state index in [2.05, 4.69) is 0 Å². The maximum Gasteiger partial charge on any atom is 0.339 e. The average molecular weight is 241 g/mol. The normalized spacial score (nSPS) is 16.3. The van der Waals surface area contributed by atoms with Crippen molar-refractivity contribution in [1.82, 2.24) is 0 Å². The van der Waals surface area contributed by atoms with Crippen LogP contribution in [0.1, 0.15) is 36.0 Å². The van der Waals surface area contributed by atoms with Gasteiger partial charge in [-0.05, 0) is 43.9 Å². The molecule has 0 radical (unpaired) electrons. The van der Waals surface area contributed by atoms with Crippen molar-refractivity contribution in [2.45, 2.75) is 31.8 Å². The van der Waals surface area contributed by atoms with E-state index < -0.39 is 5.97 Å². The molecule has 0 heterocycles. The van der Waals surface area contributed by atoms with Gasteiger partial charge < -0.3 is 9.84 Å². The highest BCUT2D eigenvalue weighted by Crippen LogP contribution is 2.29. The van der Waals surface area contributed by atoms with Crippen molar-refractivity contribution in [2.75, 3.05) is 0 Å². The van der Waals surface area contributed by atoms with Gasteiger partial charge in [0.15, 0.2) is 0 Å². The van der Waals surface area contributed by atoms with Crippen LogP contribution in [0.3, 0.4) is 0 Å². The molecule has 2 rings (SSSR count). The summed E-state index contributed by atoms with van der Waals surface area (Å²) in [5.74, 6) is -0.600. The van der Waals surface area contributed by atoms with Crippen LogP contribution < -0.4 is 4.74 Å². The number of halogens is 1. The first-order chi connectivity index (χ1) is 7.66. The van der Waals surface area contributed by atoms with Crippen molar-refractivity contribution in [3.05, 3.63) is 28.8 Å². The van der Waals surface area contributed by atoms with Gasteiger partial charge in [-0.2, -0.15) is 0 Å². The van der Waals surface area contributed by atoms with Crippen molar-refractivity contribution in [3.8, 4) is 5.75 Å². The van der Waals surface area contributed by atoms with E-state index in [9.17, 15) is 4.79 Å². The average Bonchev–Trinajstić information content (AvgIpc) is 2.70. The van der Waals surface area contributed by atoms with Crippen LogP contribution in [0.15, 0.2) is 18.2 Å². The number of benzene rings is 1. The van der Waals surface area contributed by atoms with Gasteiger partial charge in [0.2, 0.25) is 0 Å². The minimum Gasteiger partial charge on any atom is -0.489 e. The van der Waals surface area contributed by atoms with Gasteiger partial charge in [-0.1, -0.05) is 11.6 Å². The van der Waals surface area contributed by atoms with Crippen LogP contribution in [-0.2, 0) is 0 Å². The molecular formula is C12H13ClO3. The van der Waals surface area contributed by atoms with Crippen LogP contribution >= 0.6 is 11.6 Å². The fourth-order valence-corrected chi connectivity index (χ4v) is 2.12. The number of hydrogen-bond donors (Lipinski definition) is 1. The standard InChI is InChI=1S/C12H13ClO3/c13-8-5-6-10(12(14)15)11(7-8)16-9-3-1-2-4-9/h5-7,9H,1-4H2,(H,14,15).